The van der Waals surface area contributed by atoms with Crippen LogP contribution in [0.25, 0.3) is 0 Å². The maximum absolute atomic E-state index is 15.0. The van der Waals surface area contributed by atoms with E-state index in [0.717, 1.165) is 11.4 Å². The summed E-state index contributed by atoms with van der Waals surface area (Å²) in [7, 11) is 0. The van der Waals surface area contributed by atoms with E-state index in [-0.39, 0.29) is 19.1 Å². The van der Waals surface area contributed by atoms with Gasteiger partial charge >= 0.3 is 5.97 Å². The number of nitrogens with one attached hydrogen (secondary N) is 1. The van der Waals surface area contributed by atoms with Crippen LogP contribution in [0.4, 0.5) is 10.1 Å². The quantitative estimate of drug-likeness (QED) is 0.545. The summed E-state index contributed by atoms with van der Waals surface area (Å²) in [5, 5.41) is 3.41. The molecule has 0 bridgehead atoms. The first-order chi connectivity index (χ1) is 12.9. The van der Waals surface area contributed by atoms with Crippen molar-refractivity contribution in [2.75, 3.05) is 18.2 Å². The van der Waals surface area contributed by atoms with Crippen molar-refractivity contribution in [2.24, 2.45) is 4.99 Å². The van der Waals surface area contributed by atoms with Gasteiger partial charge in [0.2, 0.25) is 0 Å². The van der Waals surface area contributed by atoms with Crippen molar-refractivity contribution in [1.82, 2.24) is 0 Å². The van der Waals surface area contributed by atoms with Gasteiger partial charge in [-0.3, -0.25) is 9.79 Å². The highest BCUT2D eigenvalue weighted by atomic mass is 32.2. The molecular weight excluding hydrogens is 363 g/mol. The first-order valence-corrected chi connectivity index (χ1v) is 10.1. The van der Waals surface area contributed by atoms with Crippen LogP contribution < -0.4 is 5.32 Å². The maximum Gasteiger partial charge on any atom is 0.309 e. The Labute approximate surface area is 163 Å². The van der Waals surface area contributed by atoms with Gasteiger partial charge in [-0.15, -0.1) is 11.8 Å². The fourth-order valence-electron chi connectivity index (χ4n) is 3.02. The topological polar surface area (TPSA) is 50.7 Å². The number of anilines is 1. The van der Waals surface area contributed by atoms with Crippen LogP contribution in [-0.4, -0.2) is 36.3 Å². The molecule has 1 aliphatic heterocycles. The molecule has 27 heavy (non-hydrogen) atoms. The number of nitrogens with zero attached hydrogens (tertiary/aromatic N) is 1. The van der Waals surface area contributed by atoms with Gasteiger partial charge in [0.1, 0.15) is 0 Å². The lowest BCUT2D eigenvalue weighted by molar-refractivity contribution is -0.144. The predicted molar refractivity (Wildman–Crippen MR) is 109 cm³/mol. The third kappa shape index (κ3) is 4.69. The molecule has 0 aromatic heterocycles. The fraction of sp³-hybridized carbons (Fsp3) is 0.333. The van der Waals surface area contributed by atoms with Gasteiger partial charge in [0.25, 0.3) is 0 Å². The summed E-state index contributed by atoms with van der Waals surface area (Å²) in [6.07, 6.45) is 8.05. The van der Waals surface area contributed by atoms with E-state index < -0.39 is 11.6 Å². The maximum atomic E-state index is 15.0. The van der Waals surface area contributed by atoms with Crippen molar-refractivity contribution in [1.29, 1.82) is 0 Å². The van der Waals surface area contributed by atoms with E-state index in [9.17, 15) is 9.18 Å². The van der Waals surface area contributed by atoms with E-state index in [0.29, 0.717) is 11.3 Å². The number of allylic oxidation sites excluding steroid dienone is 5. The van der Waals surface area contributed by atoms with Gasteiger partial charge in [-0.25, -0.2) is 4.39 Å². The Kier molecular flexibility index (Phi) is 5.85. The lowest BCUT2D eigenvalue weighted by Crippen LogP contribution is -2.26. The lowest BCUT2D eigenvalue weighted by atomic mass is 9.91. The van der Waals surface area contributed by atoms with Gasteiger partial charge in [-0.1, -0.05) is 0 Å². The summed E-state index contributed by atoms with van der Waals surface area (Å²) in [6, 6.07) is 8.15. The number of halogens is 1. The first-order valence-electron chi connectivity index (χ1n) is 8.90. The van der Waals surface area contributed by atoms with Gasteiger partial charge in [-0.2, -0.15) is 0 Å². The van der Waals surface area contributed by atoms with E-state index in [1.54, 1.807) is 24.8 Å². The molecule has 6 heteroatoms. The van der Waals surface area contributed by atoms with Gasteiger partial charge in [0.05, 0.1) is 30.5 Å². The minimum atomic E-state index is -1.84. The molecule has 2 atom stereocenters. The normalized spacial score (nSPS) is 21.7. The molecule has 1 N–H and O–H groups in total. The van der Waals surface area contributed by atoms with Crippen LogP contribution in [0.5, 0.6) is 0 Å². The Bertz CT molecular complexity index is 842. The molecule has 1 aliphatic carbocycles. The number of thioether (sulfide) groups is 1. The second-order valence-electron chi connectivity index (χ2n) is 6.50. The van der Waals surface area contributed by atoms with Crippen molar-refractivity contribution < 1.29 is 13.9 Å². The zero-order valence-corrected chi connectivity index (χ0v) is 16.5. The molecule has 1 heterocycles. The average Bonchev–Trinajstić information content (AvgIpc) is 3.05. The van der Waals surface area contributed by atoms with E-state index in [2.05, 4.69) is 22.4 Å². The summed E-state index contributed by atoms with van der Waals surface area (Å²) < 4.78 is 19.8. The monoisotopic (exact) mass is 386 g/mol. The van der Waals surface area contributed by atoms with Crippen LogP contribution in [-0.2, 0) is 9.53 Å². The minimum Gasteiger partial charge on any atom is -0.466 e. The Morgan fingerprint density at radius 1 is 1.37 bits per heavy atom. The number of hydrogen-bond donors (Lipinski definition) is 1. The highest BCUT2D eigenvalue weighted by molar-refractivity contribution is 7.98. The predicted octanol–water partition coefficient (Wildman–Crippen LogP) is 4.71. The number of carbonyl (C=O) groups excluding carboxylic acids is 1. The molecular formula is C21H23FN2O2S. The minimum absolute atomic E-state index is 0.0309. The third-order valence-electron chi connectivity index (χ3n) is 4.40. The Hall–Kier alpha value is -2.34. The average molecular weight is 386 g/mol. The second kappa shape index (κ2) is 8.13. The van der Waals surface area contributed by atoms with E-state index in [1.807, 2.05) is 31.4 Å². The molecule has 142 valence electrons. The van der Waals surface area contributed by atoms with Gasteiger partial charge in [-0.05, 0) is 68.7 Å². The van der Waals surface area contributed by atoms with Crippen LogP contribution in [0, 0.1) is 0 Å². The number of benzene rings is 1. The molecule has 2 aliphatic rings. The third-order valence-corrected chi connectivity index (χ3v) is 5.14. The molecule has 1 aromatic carbocycles. The zero-order chi connectivity index (χ0) is 19.4. The van der Waals surface area contributed by atoms with Crippen LogP contribution in [0.15, 0.2) is 69.7 Å². The van der Waals surface area contributed by atoms with Crippen molar-refractivity contribution in [3.63, 3.8) is 0 Å². The van der Waals surface area contributed by atoms with Crippen LogP contribution >= 0.6 is 11.8 Å². The van der Waals surface area contributed by atoms with Gasteiger partial charge in [0, 0.05) is 16.2 Å². The lowest BCUT2D eigenvalue weighted by Gasteiger charge is -2.20. The molecule has 0 saturated heterocycles. The van der Waals surface area contributed by atoms with Crippen molar-refractivity contribution in [3.8, 4) is 0 Å². The second-order valence-corrected chi connectivity index (χ2v) is 7.38. The smallest absolute Gasteiger partial charge is 0.309 e. The Balaban J connectivity index is 1.71. The largest absolute Gasteiger partial charge is 0.466 e. The molecule has 0 radical (unpaired) electrons. The SMILES string of the molecule is CCOC(=O)CC1(F)C=CC2=NC(C(C)Nc3ccc(SC)cc3)=CC2=C1. The summed E-state index contributed by atoms with van der Waals surface area (Å²) in [5.74, 6) is -0.548. The van der Waals surface area contributed by atoms with Gasteiger partial charge < -0.3 is 10.1 Å². The molecule has 0 amide bonds. The van der Waals surface area contributed by atoms with Crippen LogP contribution in [0.2, 0.25) is 0 Å². The highest BCUT2D eigenvalue weighted by Crippen LogP contribution is 2.32. The number of ether oxygens (including phenoxy) is 1. The summed E-state index contributed by atoms with van der Waals surface area (Å²) in [6.45, 7) is 3.96. The number of rotatable bonds is 7. The van der Waals surface area contributed by atoms with Crippen LogP contribution in [0.3, 0.4) is 0 Å². The molecule has 1 aromatic rings. The molecule has 2 unspecified atom stereocenters. The van der Waals surface area contributed by atoms with E-state index >= 15 is 0 Å². The summed E-state index contributed by atoms with van der Waals surface area (Å²) in [5.41, 5.74) is 1.41. The molecule has 0 fully saturated rings. The number of hydrogen-bond acceptors (Lipinski definition) is 5. The van der Waals surface area contributed by atoms with Crippen molar-refractivity contribution in [2.45, 2.75) is 36.9 Å². The Morgan fingerprint density at radius 3 is 2.78 bits per heavy atom. The highest BCUT2D eigenvalue weighted by Gasteiger charge is 2.33. The number of carbonyl (C=O) groups is 1. The molecule has 4 nitrogen and oxygen atoms in total. The number of fused-ring (bicyclic) bond motifs is 1. The molecule has 3 rings (SSSR count). The molecule has 0 saturated carbocycles. The number of alkyl halides is 1. The first kappa shape index (κ1) is 19.4. The standard InChI is InChI=1S/C21H23FN2O2S/c1-4-26-20(25)13-21(22)10-9-18-15(12-21)11-19(24-18)14(2)23-16-5-7-17(27-3)8-6-16/h5-12,14,23H,4,13H2,1-3H3. The number of esters is 1. The van der Waals surface area contributed by atoms with Crippen molar-refractivity contribution >= 4 is 29.1 Å². The van der Waals surface area contributed by atoms with E-state index in [4.69, 9.17) is 4.74 Å². The fourth-order valence-corrected chi connectivity index (χ4v) is 3.43. The summed E-state index contributed by atoms with van der Waals surface area (Å²) >= 11 is 1.70. The van der Waals surface area contributed by atoms with Crippen molar-refractivity contribution in [3.05, 3.63) is 59.8 Å². The summed E-state index contributed by atoms with van der Waals surface area (Å²) in [4.78, 5) is 17.4. The Morgan fingerprint density at radius 2 is 2.11 bits per heavy atom. The van der Waals surface area contributed by atoms with Gasteiger partial charge in [0.15, 0.2) is 5.67 Å². The zero-order valence-electron chi connectivity index (χ0n) is 15.7. The molecule has 0 spiro atoms. The number of aliphatic imine (C=N–C) groups is 1. The van der Waals surface area contributed by atoms with Crippen LogP contribution in [0.1, 0.15) is 20.3 Å². The van der Waals surface area contributed by atoms with E-state index in [1.165, 1.54) is 17.0 Å².